The molecule has 0 radical (unpaired) electrons. The molecule has 5 heterocycles. The Bertz CT molecular complexity index is 4450. The number of rotatable bonds is 19. The summed E-state index contributed by atoms with van der Waals surface area (Å²) in [6.07, 6.45) is 12.8. The molecule has 5 aliphatic heterocycles. The summed E-state index contributed by atoms with van der Waals surface area (Å²) >= 11 is 0. The Labute approximate surface area is 764 Å². The Hall–Kier alpha value is -10.8. The van der Waals surface area contributed by atoms with Crippen LogP contribution in [0.3, 0.4) is 0 Å². The van der Waals surface area contributed by atoms with Gasteiger partial charge >= 0.3 is 24.4 Å². The maximum absolute atomic E-state index is 12.4. The number of ether oxygens (including phenoxy) is 10. The van der Waals surface area contributed by atoms with Gasteiger partial charge in [-0.15, -0.1) is 0 Å². The number of nitrogens with zero attached hydrogens (tertiary/aromatic N) is 3. The third kappa shape index (κ3) is 31.5. The highest BCUT2D eigenvalue weighted by atomic mass is 16.6. The van der Waals surface area contributed by atoms with E-state index in [1.807, 2.05) is 164 Å². The van der Waals surface area contributed by atoms with E-state index in [0.717, 1.165) is 179 Å². The van der Waals surface area contributed by atoms with Gasteiger partial charge in [-0.1, -0.05) is 85.3 Å². The Morgan fingerprint density at radius 3 is 0.984 bits per heavy atom. The van der Waals surface area contributed by atoms with E-state index in [2.05, 4.69) is 78.2 Å². The van der Waals surface area contributed by atoms with Gasteiger partial charge in [-0.25, -0.2) is 14.4 Å². The molecule has 24 nitrogen and oxygen atoms in total. The molecular weight excluding hydrogens is 1640 g/mol. The van der Waals surface area contributed by atoms with E-state index in [9.17, 15) is 34.2 Å². The number of nitrogens with one attached hydrogen (secondary N) is 2. The fraction of sp³-hybridized carbons (Fsp3) is 0.524. The summed E-state index contributed by atoms with van der Waals surface area (Å²) in [6.45, 7) is 28.8. The molecule has 0 spiro atoms. The van der Waals surface area contributed by atoms with Crippen molar-refractivity contribution in [3.63, 3.8) is 0 Å². The van der Waals surface area contributed by atoms with Crippen LogP contribution in [0.15, 0.2) is 163 Å². The zero-order valence-corrected chi connectivity index (χ0v) is 78.8. The maximum Gasteiger partial charge on any atom is 0.410 e. The largest absolute Gasteiger partial charge is 0.497 e. The molecule has 3 amide bonds. The second-order valence-electron chi connectivity index (χ2n) is 37.0. The first kappa shape index (κ1) is 102. The molecule has 0 saturated carbocycles. The molecule has 700 valence electrons. The first-order valence-electron chi connectivity index (χ1n) is 46.0. The van der Waals surface area contributed by atoms with Crippen LogP contribution in [0.1, 0.15) is 236 Å². The van der Waals surface area contributed by atoms with Crippen LogP contribution in [0.2, 0.25) is 0 Å². The van der Waals surface area contributed by atoms with Gasteiger partial charge in [-0.2, -0.15) is 9.59 Å². The third-order valence-corrected chi connectivity index (χ3v) is 25.0. The van der Waals surface area contributed by atoms with Gasteiger partial charge in [0.1, 0.15) is 57.0 Å². The number of fused-ring (bicyclic) bond motifs is 2. The van der Waals surface area contributed by atoms with Crippen molar-refractivity contribution in [2.24, 2.45) is 23.7 Å². The van der Waals surface area contributed by atoms with E-state index in [1.54, 1.807) is 45.3 Å². The molecular formula is C105H141N5O19. The van der Waals surface area contributed by atoms with Crippen molar-refractivity contribution in [1.29, 1.82) is 0 Å². The number of ketones is 2. The van der Waals surface area contributed by atoms with Crippen LogP contribution < -0.4 is 43.8 Å². The Balaban J connectivity index is 0.000000181. The van der Waals surface area contributed by atoms with Gasteiger partial charge in [-0.05, 0) is 337 Å². The third-order valence-electron chi connectivity index (χ3n) is 25.0. The van der Waals surface area contributed by atoms with Crippen molar-refractivity contribution in [3.05, 3.63) is 213 Å². The Morgan fingerprint density at radius 2 is 0.667 bits per heavy atom. The molecule has 14 rings (SSSR count). The maximum atomic E-state index is 12.4. The predicted molar refractivity (Wildman–Crippen MR) is 501 cm³/mol. The fourth-order valence-corrected chi connectivity index (χ4v) is 18.0. The lowest BCUT2D eigenvalue weighted by Crippen LogP contribution is -2.37. The summed E-state index contributed by atoms with van der Waals surface area (Å²) < 4.78 is 55.1. The van der Waals surface area contributed by atoms with Crippen molar-refractivity contribution >= 4 is 41.6 Å². The highest BCUT2D eigenvalue weighted by Gasteiger charge is 2.36. The van der Waals surface area contributed by atoms with E-state index in [0.29, 0.717) is 82.5 Å². The van der Waals surface area contributed by atoms with Crippen LogP contribution in [0, 0.1) is 23.7 Å². The summed E-state index contributed by atoms with van der Waals surface area (Å²) in [5.41, 5.74) is 11.6. The summed E-state index contributed by atoms with van der Waals surface area (Å²) in [5.74, 6) is 8.95. The van der Waals surface area contributed by atoms with Crippen LogP contribution >= 0.6 is 0 Å². The van der Waals surface area contributed by atoms with Crippen LogP contribution in [-0.2, 0) is 36.6 Å². The minimum atomic E-state index is -0.491. The minimum Gasteiger partial charge on any atom is -0.497 e. The first-order valence-corrected chi connectivity index (χ1v) is 46.0. The van der Waals surface area contributed by atoms with Gasteiger partial charge in [-0.3, -0.25) is 9.59 Å². The summed E-state index contributed by atoms with van der Waals surface area (Å²) in [7, 11) is 8.37. The standard InChI is InChI=1S/2C23H27NO3.C20H29NO3.2C19H29NO4.CO2/c2*1-26-19-6-2-16(3-7-19)21-11-13-24-12-10-18(21)15-27-20-8-4-17-5-9-23(25)22(17)14-20;1-6-15-11-13-21(19(22)24-20(2,3)4)14-12-18(15)16-7-9-17(23-5)10-8-16;2*1-19(2,3)24-18(22)20-11-9-15(13-21)17(10-12-20)14-5-7-16(23-4)8-6-14;2-1-3/h2*2-4,6-8,14,18,21,24H,5,9-13,15H2,1H3;7-10H,6,11-14H2,1-5H3;2*5-8,15,17,21H,9-13H2,1-4H3;/t2*18-,21-;;2*15-,17-;/m11.11./s1. The minimum absolute atomic E-state index is 0.124. The monoisotopic (exact) mass is 1780 g/mol. The Morgan fingerprint density at radius 1 is 0.372 bits per heavy atom. The zero-order chi connectivity index (χ0) is 93.2. The number of aliphatic hydroxyl groups excluding tert-OH is 2. The molecule has 129 heavy (non-hydrogen) atoms. The number of methoxy groups -OCH3 is 5. The normalized spacial score (nSPS) is 20.5. The van der Waals surface area contributed by atoms with Gasteiger partial charge in [0.05, 0.1) is 48.8 Å². The average molecular weight is 1780 g/mol. The van der Waals surface area contributed by atoms with Gasteiger partial charge in [0, 0.05) is 88.3 Å². The highest BCUT2D eigenvalue weighted by molar-refractivity contribution is 6.01. The van der Waals surface area contributed by atoms with E-state index in [1.165, 1.54) is 39.0 Å². The average Bonchev–Trinajstić information content (AvgIpc) is 1.72. The molecule has 0 aromatic heterocycles. The molecule has 4 fully saturated rings. The SMILES string of the molecule is CCC1=C(c2ccc(OC)cc2)CCN(C(=O)OC(C)(C)C)CC1.COc1ccc([C@H]2CCN(C(=O)OC(C)(C)C)CC[C@@H]2CO)cc1.COc1ccc([C@H]2CCN(C(=O)OC(C)(C)C)CC[C@@H]2CO)cc1.COc1ccc([C@H]2CCNCC[C@@H]2COc2ccc3c(c2)C(=O)CC3)cc1.COc1ccc([C@H]2CCNCC[C@@H]2COc2ccc3c(c2)C(=O)CC3)cc1.O=C=O. The van der Waals surface area contributed by atoms with Gasteiger partial charge in [0.15, 0.2) is 11.6 Å². The first-order chi connectivity index (χ1) is 61.9. The smallest absolute Gasteiger partial charge is 0.410 e. The topological polar surface area (TPSA) is 286 Å². The molecule has 7 aliphatic rings. The second-order valence-corrected chi connectivity index (χ2v) is 37.0. The number of aryl methyl sites for hydroxylation is 2. The number of aliphatic hydroxyl groups is 2. The fourth-order valence-electron chi connectivity index (χ4n) is 18.0. The predicted octanol–water partition coefficient (Wildman–Crippen LogP) is 19.1. The number of benzene rings is 7. The number of carbonyl (C=O) groups excluding carboxylic acids is 7. The molecule has 0 unspecified atom stereocenters. The van der Waals surface area contributed by atoms with Crippen LogP contribution in [0.25, 0.3) is 5.57 Å². The Kier molecular flexibility index (Phi) is 39.9. The number of likely N-dealkylation sites (tertiary alicyclic amines) is 2. The lowest BCUT2D eigenvalue weighted by molar-refractivity contribution is -0.191. The second kappa shape index (κ2) is 50.4. The molecule has 2 aliphatic carbocycles. The lowest BCUT2D eigenvalue weighted by atomic mass is 9.83. The zero-order valence-electron chi connectivity index (χ0n) is 78.8. The molecule has 4 saturated heterocycles. The molecule has 0 bridgehead atoms. The lowest BCUT2D eigenvalue weighted by Gasteiger charge is -2.26. The van der Waals surface area contributed by atoms with Gasteiger partial charge in [0.2, 0.25) is 0 Å². The van der Waals surface area contributed by atoms with E-state index < -0.39 is 16.8 Å². The summed E-state index contributed by atoms with van der Waals surface area (Å²) in [5, 5.41) is 26.6. The number of hydrogen-bond acceptors (Lipinski definition) is 21. The van der Waals surface area contributed by atoms with Crippen molar-refractivity contribution in [1.82, 2.24) is 25.3 Å². The molecule has 4 N–H and O–H groups in total. The van der Waals surface area contributed by atoms with Crippen molar-refractivity contribution in [2.45, 2.75) is 206 Å². The van der Waals surface area contributed by atoms with Crippen LogP contribution in [0.4, 0.5) is 14.4 Å². The molecule has 7 aromatic carbocycles. The van der Waals surface area contributed by atoms with E-state index in [-0.39, 0.29) is 72.9 Å². The number of hydrogen-bond donors (Lipinski definition) is 4. The van der Waals surface area contributed by atoms with Crippen molar-refractivity contribution in [2.75, 3.05) is 127 Å². The van der Waals surface area contributed by atoms with E-state index >= 15 is 0 Å². The van der Waals surface area contributed by atoms with Crippen LogP contribution in [0.5, 0.6) is 40.2 Å². The summed E-state index contributed by atoms with van der Waals surface area (Å²) in [4.78, 5) is 82.6. The number of Topliss-reactive ketones (excluding diaryl/α,β-unsaturated/α-hetero) is 2. The van der Waals surface area contributed by atoms with Crippen molar-refractivity contribution in [3.8, 4) is 40.2 Å². The highest BCUT2D eigenvalue weighted by Crippen LogP contribution is 2.41. The van der Waals surface area contributed by atoms with E-state index in [4.69, 9.17) is 57.0 Å². The molecule has 24 heteroatoms. The van der Waals surface area contributed by atoms with Gasteiger partial charge in [0.25, 0.3) is 0 Å². The van der Waals surface area contributed by atoms with Crippen LogP contribution in [-0.4, -0.2) is 205 Å². The number of amides is 3. The van der Waals surface area contributed by atoms with Gasteiger partial charge < -0.3 is 82.9 Å². The number of carbonyl (C=O) groups is 5. The molecule has 7 aromatic rings. The quantitative estimate of drug-likeness (QED) is 0.0547. The summed E-state index contributed by atoms with van der Waals surface area (Å²) in [6, 6.07) is 53.0. The van der Waals surface area contributed by atoms with Crippen molar-refractivity contribution < 1.29 is 91.1 Å². The molecule has 8 atom stereocenters.